The number of benzene rings is 2. The molecule has 0 aromatic heterocycles. The molecule has 0 spiro atoms. The minimum Gasteiger partial charge on any atom is -0.150 e. The molecule has 2 aromatic rings. The highest BCUT2D eigenvalue weighted by molar-refractivity contribution is 5.71. The van der Waals surface area contributed by atoms with Gasteiger partial charge in [-0.3, -0.25) is 0 Å². The molecule has 0 aliphatic heterocycles. The van der Waals surface area contributed by atoms with Crippen molar-refractivity contribution in [2.24, 2.45) is 5.18 Å². The largest absolute Gasteiger partial charge is 0.150 e. The smallest absolute Gasteiger partial charge is 0.106 e. The molecule has 0 bridgehead atoms. The number of nitroso groups, excluding NO2 is 1. The van der Waals surface area contributed by atoms with Crippen molar-refractivity contribution in [1.29, 1.82) is 0 Å². The molecule has 0 N–H and O–H groups in total. The molecule has 0 heterocycles. The molecule has 0 saturated heterocycles. The van der Waals surface area contributed by atoms with Gasteiger partial charge in [0.1, 0.15) is 6.54 Å². The maximum Gasteiger partial charge on any atom is 0.106 e. The summed E-state index contributed by atoms with van der Waals surface area (Å²) >= 11 is 0. The standard InChI is InChI=1S/C15H15NO/c1-11-5-3-6-12(2)15(11)14-8-4-7-13(9-14)10-16-17/h3-9H,10H2,1-2H3. The van der Waals surface area contributed by atoms with Crippen molar-refractivity contribution in [1.82, 2.24) is 0 Å². The van der Waals surface area contributed by atoms with Gasteiger partial charge in [-0.15, -0.1) is 0 Å². The second kappa shape index (κ2) is 4.91. The Hall–Kier alpha value is -1.96. The third-order valence-corrected chi connectivity index (χ3v) is 2.94. The SMILES string of the molecule is Cc1cccc(C)c1-c1cccc(CN=O)c1. The second-order valence-corrected chi connectivity index (χ2v) is 4.25. The number of hydrogen-bond donors (Lipinski definition) is 0. The maximum atomic E-state index is 10.3. The van der Waals surface area contributed by atoms with Crippen LogP contribution in [-0.4, -0.2) is 0 Å². The van der Waals surface area contributed by atoms with E-state index in [1.54, 1.807) is 0 Å². The van der Waals surface area contributed by atoms with Gasteiger partial charge in [-0.2, -0.15) is 4.91 Å². The van der Waals surface area contributed by atoms with Gasteiger partial charge >= 0.3 is 0 Å². The summed E-state index contributed by atoms with van der Waals surface area (Å²) < 4.78 is 0. The molecule has 2 heteroatoms. The molecule has 86 valence electrons. The summed E-state index contributed by atoms with van der Waals surface area (Å²) in [7, 11) is 0. The molecular weight excluding hydrogens is 210 g/mol. The normalized spacial score (nSPS) is 10.2. The first-order chi connectivity index (χ1) is 8.22. The van der Waals surface area contributed by atoms with E-state index < -0.39 is 0 Å². The van der Waals surface area contributed by atoms with E-state index >= 15 is 0 Å². The first-order valence-electron chi connectivity index (χ1n) is 5.67. The van der Waals surface area contributed by atoms with Crippen LogP contribution < -0.4 is 0 Å². The molecule has 0 atom stereocenters. The van der Waals surface area contributed by atoms with E-state index in [4.69, 9.17) is 0 Å². The Labute approximate surface area is 101 Å². The van der Waals surface area contributed by atoms with Gasteiger partial charge in [0.15, 0.2) is 0 Å². The van der Waals surface area contributed by atoms with Gasteiger partial charge in [0, 0.05) is 0 Å². The first-order valence-corrected chi connectivity index (χ1v) is 5.67. The Balaban J connectivity index is 2.52. The van der Waals surface area contributed by atoms with Gasteiger partial charge in [-0.25, -0.2) is 0 Å². The lowest BCUT2D eigenvalue weighted by Crippen LogP contribution is -1.89. The zero-order chi connectivity index (χ0) is 12.3. The van der Waals surface area contributed by atoms with E-state index in [0.29, 0.717) is 0 Å². The van der Waals surface area contributed by atoms with Gasteiger partial charge in [0.25, 0.3) is 0 Å². The van der Waals surface area contributed by atoms with E-state index in [0.717, 1.165) is 11.1 Å². The predicted octanol–water partition coefficient (Wildman–Crippen LogP) is 4.24. The molecule has 0 aliphatic carbocycles. The van der Waals surface area contributed by atoms with E-state index in [-0.39, 0.29) is 6.54 Å². The summed E-state index contributed by atoms with van der Waals surface area (Å²) in [5, 5.41) is 2.94. The lowest BCUT2D eigenvalue weighted by atomic mass is 9.95. The summed E-state index contributed by atoms with van der Waals surface area (Å²) in [4.78, 5) is 10.3. The first kappa shape index (κ1) is 11.5. The number of nitrogens with zero attached hydrogens (tertiary/aromatic N) is 1. The molecule has 2 rings (SSSR count). The van der Waals surface area contributed by atoms with Crippen LogP contribution in [0.2, 0.25) is 0 Å². The Kier molecular flexibility index (Phi) is 3.33. The topological polar surface area (TPSA) is 29.4 Å². The van der Waals surface area contributed by atoms with Crippen molar-refractivity contribution < 1.29 is 0 Å². The average molecular weight is 225 g/mol. The third-order valence-electron chi connectivity index (χ3n) is 2.94. The van der Waals surface area contributed by atoms with Crippen LogP contribution in [0.25, 0.3) is 11.1 Å². The second-order valence-electron chi connectivity index (χ2n) is 4.25. The third kappa shape index (κ3) is 2.41. The Morgan fingerprint density at radius 1 is 1.00 bits per heavy atom. The van der Waals surface area contributed by atoms with Crippen molar-refractivity contribution in [2.45, 2.75) is 20.4 Å². The van der Waals surface area contributed by atoms with Crippen LogP contribution in [0, 0.1) is 18.8 Å². The van der Waals surface area contributed by atoms with Gasteiger partial charge in [0.2, 0.25) is 0 Å². The molecule has 0 saturated carbocycles. The van der Waals surface area contributed by atoms with E-state index in [1.807, 2.05) is 18.2 Å². The van der Waals surface area contributed by atoms with Gasteiger partial charge in [0.05, 0.1) is 0 Å². The van der Waals surface area contributed by atoms with Crippen molar-refractivity contribution in [3.05, 3.63) is 64.1 Å². The average Bonchev–Trinajstić information content (AvgIpc) is 2.30. The molecule has 0 radical (unpaired) electrons. The summed E-state index contributed by atoms with van der Waals surface area (Å²) in [6.07, 6.45) is 0. The molecule has 0 fully saturated rings. The highest BCUT2D eigenvalue weighted by Crippen LogP contribution is 2.27. The van der Waals surface area contributed by atoms with Gasteiger partial charge < -0.3 is 0 Å². The predicted molar refractivity (Wildman–Crippen MR) is 70.9 cm³/mol. The van der Waals surface area contributed by atoms with Crippen LogP contribution in [-0.2, 0) is 6.54 Å². The fraction of sp³-hybridized carbons (Fsp3) is 0.200. The molecule has 2 aromatic carbocycles. The fourth-order valence-corrected chi connectivity index (χ4v) is 2.17. The Morgan fingerprint density at radius 3 is 2.29 bits per heavy atom. The zero-order valence-corrected chi connectivity index (χ0v) is 10.1. The summed E-state index contributed by atoms with van der Waals surface area (Å²) in [5.74, 6) is 0. The zero-order valence-electron chi connectivity index (χ0n) is 10.1. The molecule has 17 heavy (non-hydrogen) atoms. The fourth-order valence-electron chi connectivity index (χ4n) is 2.17. The van der Waals surface area contributed by atoms with Gasteiger partial charge in [-0.1, -0.05) is 41.6 Å². The Morgan fingerprint density at radius 2 is 1.65 bits per heavy atom. The minimum atomic E-state index is 0.235. The van der Waals surface area contributed by atoms with Gasteiger partial charge in [-0.05, 0) is 47.7 Å². The number of aryl methyl sites for hydroxylation is 2. The van der Waals surface area contributed by atoms with Crippen LogP contribution in [0.1, 0.15) is 16.7 Å². The molecule has 0 unspecified atom stereocenters. The monoisotopic (exact) mass is 225 g/mol. The Bertz CT molecular complexity index is 526. The van der Waals surface area contributed by atoms with Crippen molar-refractivity contribution in [3.63, 3.8) is 0 Å². The van der Waals surface area contributed by atoms with Crippen LogP contribution in [0.3, 0.4) is 0 Å². The minimum absolute atomic E-state index is 0.235. The molecular formula is C15H15NO. The highest BCUT2D eigenvalue weighted by atomic mass is 16.3. The number of rotatable bonds is 3. The van der Waals surface area contributed by atoms with Crippen molar-refractivity contribution >= 4 is 0 Å². The molecule has 2 nitrogen and oxygen atoms in total. The highest BCUT2D eigenvalue weighted by Gasteiger charge is 2.05. The van der Waals surface area contributed by atoms with Crippen molar-refractivity contribution in [3.8, 4) is 11.1 Å². The van der Waals surface area contributed by atoms with Crippen LogP contribution >= 0.6 is 0 Å². The summed E-state index contributed by atoms with van der Waals surface area (Å²) in [6, 6.07) is 14.3. The van der Waals surface area contributed by atoms with E-state index in [9.17, 15) is 4.91 Å². The van der Waals surface area contributed by atoms with E-state index in [2.05, 4.69) is 43.3 Å². The molecule has 0 amide bonds. The van der Waals surface area contributed by atoms with Crippen LogP contribution in [0.4, 0.5) is 0 Å². The maximum absolute atomic E-state index is 10.3. The quantitative estimate of drug-likeness (QED) is 0.718. The van der Waals surface area contributed by atoms with E-state index in [1.165, 1.54) is 16.7 Å². The summed E-state index contributed by atoms with van der Waals surface area (Å²) in [6.45, 7) is 4.44. The molecule has 0 aliphatic rings. The lowest BCUT2D eigenvalue weighted by molar-refractivity contribution is 1.06. The number of hydrogen-bond acceptors (Lipinski definition) is 2. The van der Waals surface area contributed by atoms with Crippen molar-refractivity contribution in [2.75, 3.05) is 0 Å². The lowest BCUT2D eigenvalue weighted by Gasteiger charge is -2.10. The summed E-state index contributed by atoms with van der Waals surface area (Å²) in [5.41, 5.74) is 5.87. The van der Waals surface area contributed by atoms with Crippen LogP contribution in [0.15, 0.2) is 47.6 Å². The van der Waals surface area contributed by atoms with Crippen LogP contribution in [0.5, 0.6) is 0 Å².